The van der Waals surface area contributed by atoms with Gasteiger partial charge in [-0.2, -0.15) is 0 Å². The van der Waals surface area contributed by atoms with Crippen LogP contribution in [0.3, 0.4) is 0 Å². The smallest absolute Gasteiger partial charge is 0.205 e. The van der Waals surface area contributed by atoms with Crippen molar-refractivity contribution in [3.05, 3.63) is 29.8 Å². The molecule has 1 aromatic carbocycles. The lowest BCUT2D eigenvalue weighted by Gasteiger charge is -2.20. The Morgan fingerprint density at radius 2 is 2.06 bits per heavy atom. The number of benzene rings is 1. The highest BCUT2D eigenvalue weighted by Crippen LogP contribution is 2.15. The maximum Gasteiger partial charge on any atom is 0.205 e. The third kappa shape index (κ3) is 4.37. The molecular weight excluding hydrogens is 250 g/mol. The van der Waals surface area contributed by atoms with E-state index in [0.29, 0.717) is 12.5 Å². The van der Waals surface area contributed by atoms with E-state index in [-0.39, 0.29) is 11.2 Å². The number of thioether (sulfide) groups is 1. The SMILES string of the molecule is CSC(=O)[C@@H](NCc1ccccc1S)C(C)C. The van der Waals surface area contributed by atoms with Crippen LogP contribution in [0.1, 0.15) is 19.4 Å². The second-order valence-electron chi connectivity index (χ2n) is 4.25. The molecule has 2 nitrogen and oxygen atoms in total. The van der Waals surface area contributed by atoms with E-state index in [1.54, 1.807) is 0 Å². The third-order valence-electron chi connectivity index (χ3n) is 2.63. The van der Waals surface area contributed by atoms with Crippen molar-refractivity contribution >= 4 is 29.5 Å². The Hall–Kier alpha value is -0.450. The zero-order chi connectivity index (χ0) is 12.8. The van der Waals surface area contributed by atoms with Crippen molar-refractivity contribution in [1.29, 1.82) is 0 Å². The lowest BCUT2D eigenvalue weighted by Crippen LogP contribution is -2.39. The van der Waals surface area contributed by atoms with Gasteiger partial charge in [-0.3, -0.25) is 4.79 Å². The summed E-state index contributed by atoms with van der Waals surface area (Å²) < 4.78 is 0. The highest BCUT2D eigenvalue weighted by atomic mass is 32.2. The summed E-state index contributed by atoms with van der Waals surface area (Å²) in [5.74, 6) is 0.294. The molecule has 0 saturated carbocycles. The predicted molar refractivity (Wildman–Crippen MR) is 77.7 cm³/mol. The Balaban J connectivity index is 2.64. The Morgan fingerprint density at radius 1 is 1.41 bits per heavy atom. The average Bonchev–Trinajstić information content (AvgIpc) is 2.30. The monoisotopic (exact) mass is 269 g/mol. The van der Waals surface area contributed by atoms with Crippen LogP contribution in [0.25, 0.3) is 0 Å². The molecule has 0 heterocycles. The van der Waals surface area contributed by atoms with Gasteiger partial charge in [0.25, 0.3) is 0 Å². The minimum Gasteiger partial charge on any atom is -0.302 e. The first-order valence-corrected chi connectivity index (χ1v) is 7.31. The second-order valence-corrected chi connectivity index (χ2v) is 5.55. The molecule has 0 amide bonds. The van der Waals surface area contributed by atoms with E-state index in [1.807, 2.05) is 30.5 Å². The van der Waals surface area contributed by atoms with E-state index in [2.05, 4.69) is 31.8 Å². The molecule has 1 atom stereocenters. The molecule has 0 unspecified atom stereocenters. The Labute approximate surface area is 113 Å². The molecule has 0 saturated heterocycles. The van der Waals surface area contributed by atoms with Crippen LogP contribution in [0.4, 0.5) is 0 Å². The molecule has 1 rings (SSSR count). The van der Waals surface area contributed by atoms with Crippen molar-refractivity contribution in [2.75, 3.05) is 6.26 Å². The molecular formula is C13H19NOS2. The number of rotatable bonds is 5. The van der Waals surface area contributed by atoms with E-state index in [9.17, 15) is 4.79 Å². The molecule has 0 fully saturated rings. The van der Waals surface area contributed by atoms with Crippen LogP contribution in [0.15, 0.2) is 29.2 Å². The first kappa shape index (κ1) is 14.6. The van der Waals surface area contributed by atoms with Crippen LogP contribution in [-0.4, -0.2) is 17.4 Å². The fourth-order valence-corrected chi connectivity index (χ4v) is 2.45. The van der Waals surface area contributed by atoms with E-state index >= 15 is 0 Å². The summed E-state index contributed by atoms with van der Waals surface area (Å²) in [6.45, 7) is 4.78. The van der Waals surface area contributed by atoms with Gasteiger partial charge in [0.1, 0.15) is 0 Å². The number of carbonyl (C=O) groups is 1. The van der Waals surface area contributed by atoms with Crippen molar-refractivity contribution in [3.63, 3.8) is 0 Å². The minimum absolute atomic E-state index is 0.0991. The minimum atomic E-state index is -0.0991. The summed E-state index contributed by atoms with van der Waals surface area (Å²) in [5, 5.41) is 3.50. The van der Waals surface area contributed by atoms with E-state index < -0.39 is 0 Å². The van der Waals surface area contributed by atoms with Crippen LogP contribution in [0.5, 0.6) is 0 Å². The molecule has 0 aliphatic carbocycles. The van der Waals surface area contributed by atoms with Crippen molar-refractivity contribution in [2.45, 2.75) is 31.3 Å². The second kappa shape index (κ2) is 7.09. The van der Waals surface area contributed by atoms with Crippen LogP contribution in [-0.2, 0) is 11.3 Å². The molecule has 0 bridgehead atoms. The fourth-order valence-electron chi connectivity index (χ4n) is 1.60. The van der Waals surface area contributed by atoms with Gasteiger partial charge in [-0.25, -0.2) is 0 Å². The van der Waals surface area contributed by atoms with Crippen molar-refractivity contribution < 1.29 is 4.79 Å². The Morgan fingerprint density at radius 3 is 2.59 bits per heavy atom. The van der Waals surface area contributed by atoms with Crippen molar-refractivity contribution in [3.8, 4) is 0 Å². The fraction of sp³-hybridized carbons (Fsp3) is 0.462. The molecule has 0 spiro atoms. The lowest BCUT2D eigenvalue weighted by molar-refractivity contribution is -0.113. The van der Waals surface area contributed by atoms with E-state index in [1.165, 1.54) is 11.8 Å². The topological polar surface area (TPSA) is 29.1 Å². The largest absolute Gasteiger partial charge is 0.302 e. The number of hydrogen-bond donors (Lipinski definition) is 2. The summed E-state index contributed by atoms with van der Waals surface area (Å²) in [6, 6.07) is 7.82. The van der Waals surface area contributed by atoms with E-state index in [0.717, 1.165) is 10.5 Å². The maximum absolute atomic E-state index is 11.7. The van der Waals surface area contributed by atoms with Crippen molar-refractivity contribution in [1.82, 2.24) is 5.32 Å². The van der Waals surface area contributed by atoms with Gasteiger partial charge < -0.3 is 5.32 Å². The van der Waals surface area contributed by atoms with Gasteiger partial charge in [0, 0.05) is 11.4 Å². The standard InChI is InChI=1S/C13H19NOS2/c1-9(2)12(13(15)17-3)14-8-10-6-4-5-7-11(10)16/h4-7,9,12,14,16H,8H2,1-3H3/t12-/m0/s1. The summed E-state index contributed by atoms with van der Waals surface area (Å²) in [6.07, 6.45) is 1.83. The number of hydrogen-bond acceptors (Lipinski definition) is 4. The molecule has 1 aromatic rings. The average molecular weight is 269 g/mol. The lowest BCUT2D eigenvalue weighted by atomic mass is 10.1. The van der Waals surface area contributed by atoms with Crippen LogP contribution in [0.2, 0.25) is 0 Å². The third-order valence-corrected chi connectivity index (χ3v) is 3.72. The van der Waals surface area contributed by atoms with Crippen molar-refractivity contribution in [2.24, 2.45) is 5.92 Å². The van der Waals surface area contributed by atoms with Gasteiger partial charge in [0.05, 0.1) is 6.04 Å². The zero-order valence-electron chi connectivity index (χ0n) is 10.4. The van der Waals surface area contributed by atoms with Gasteiger partial charge in [-0.1, -0.05) is 43.8 Å². The van der Waals surface area contributed by atoms with Crippen LogP contribution < -0.4 is 5.32 Å². The van der Waals surface area contributed by atoms with Crippen LogP contribution in [0, 0.1) is 5.92 Å². The molecule has 4 heteroatoms. The predicted octanol–water partition coefficient (Wildman–Crippen LogP) is 2.98. The first-order valence-electron chi connectivity index (χ1n) is 5.64. The summed E-state index contributed by atoms with van der Waals surface area (Å²) in [7, 11) is 0. The number of thiol groups is 1. The van der Waals surface area contributed by atoms with Gasteiger partial charge in [-0.15, -0.1) is 12.6 Å². The zero-order valence-corrected chi connectivity index (χ0v) is 12.1. The molecule has 94 valence electrons. The molecule has 0 aliphatic heterocycles. The summed E-state index contributed by atoms with van der Waals surface area (Å²) >= 11 is 5.68. The number of carbonyl (C=O) groups excluding carboxylic acids is 1. The quantitative estimate of drug-likeness (QED) is 0.805. The van der Waals surface area contributed by atoms with E-state index in [4.69, 9.17) is 0 Å². The summed E-state index contributed by atoms with van der Waals surface area (Å²) in [5.41, 5.74) is 1.12. The highest BCUT2D eigenvalue weighted by Gasteiger charge is 2.20. The molecule has 1 N–H and O–H groups in total. The van der Waals surface area contributed by atoms with Gasteiger partial charge in [0.15, 0.2) is 0 Å². The molecule has 17 heavy (non-hydrogen) atoms. The molecule has 0 radical (unpaired) electrons. The molecule has 0 aliphatic rings. The number of nitrogens with one attached hydrogen (secondary N) is 1. The van der Waals surface area contributed by atoms with Gasteiger partial charge in [0.2, 0.25) is 5.12 Å². The normalized spacial score (nSPS) is 12.8. The Bertz CT molecular complexity index is 379. The maximum atomic E-state index is 11.7. The first-order chi connectivity index (χ1) is 8.06. The summed E-state index contributed by atoms with van der Waals surface area (Å²) in [4.78, 5) is 12.7. The molecule has 0 aromatic heterocycles. The van der Waals surface area contributed by atoms with Crippen LogP contribution >= 0.6 is 24.4 Å². The highest BCUT2D eigenvalue weighted by molar-refractivity contribution is 8.13. The Kier molecular flexibility index (Phi) is 6.09. The van der Waals surface area contributed by atoms with Gasteiger partial charge >= 0.3 is 0 Å². The van der Waals surface area contributed by atoms with Gasteiger partial charge in [-0.05, 0) is 23.8 Å².